The normalized spacial score (nSPS) is 19.4. The number of esters is 1. The van der Waals surface area contributed by atoms with Gasteiger partial charge in [0.2, 0.25) is 0 Å². The molecule has 0 aromatic heterocycles. The van der Waals surface area contributed by atoms with Crippen molar-refractivity contribution in [1.29, 1.82) is 0 Å². The van der Waals surface area contributed by atoms with Gasteiger partial charge in [0.1, 0.15) is 0 Å². The second-order valence-electron chi connectivity index (χ2n) is 14.5. The Morgan fingerprint density at radius 2 is 1.14 bits per heavy atom. The van der Waals surface area contributed by atoms with E-state index in [-0.39, 0.29) is 11.4 Å². The Labute approximate surface area is 301 Å². The molecule has 6 rings (SSSR count). The number of sulfonamides is 1. The fraction of sp³-hybridized carbons (Fsp3) is 0.233. The first-order valence-electron chi connectivity index (χ1n) is 17.0. The van der Waals surface area contributed by atoms with Crippen LogP contribution in [0.25, 0.3) is 0 Å². The van der Waals surface area contributed by atoms with Crippen LogP contribution in [0, 0.1) is 19.3 Å². The van der Waals surface area contributed by atoms with Crippen LogP contribution in [0.4, 0.5) is 0 Å². The van der Waals surface area contributed by atoms with Gasteiger partial charge < -0.3 is 0 Å². The molecule has 50 heavy (non-hydrogen) atoms. The molecule has 1 saturated heterocycles. The SMILES string of the molecule is Cc1ccc([C@@H]2N(S(=O)(=O)c3ccc(C)cc3)C/C(=[CH]\[Sn]([c]3ccccc3)([c]3ccccc3)[c]3ccccc3)[C@@]2(C)C(=O)OC(C)(C)C)cc1. The van der Waals surface area contributed by atoms with Gasteiger partial charge in [-0.1, -0.05) is 0 Å². The van der Waals surface area contributed by atoms with Gasteiger partial charge in [0, 0.05) is 0 Å². The molecule has 0 amide bonds. The Balaban J connectivity index is 1.72. The van der Waals surface area contributed by atoms with Crippen LogP contribution in [0.1, 0.15) is 50.4 Å². The topological polar surface area (TPSA) is 63.7 Å². The molecule has 256 valence electrons. The summed E-state index contributed by atoms with van der Waals surface area (Å²) >= 11 is -4.22. The van der Waals surface area contributed by atoms with E-state index in [2.05, 4.69) is 76.9 Å². The van der Waals surface area contributed by atoms with Crippen molar-refractivity contribution in [3.05, 3.63) is 166 Å². The molecule has 0 spiro atoms. The van der Waals surface area contributed by atoms with Gasteiger partial charge in [-0.25, -0.2) is 0 Å². The number of nitrogens with zero attached hydrogens (tertiary/aromatic N) is 1. The average Bonchev–Trinajstić information content (AvgIpc) is 3.41. The molecule has 7 heteroatoms. The van der Waals surface area contributed by atoms with Crippen LogP contribution >= 0.6 is 0 Å². The summed E-state index contributed by atoms with van der Waals surface area (Å²) < 4.78 is 43.5. The second-order valence-corrected chi connectivity index (χ2v) is 26.7. The molecule has 5 nitrogen and oxygen atoms in total. The first-order valence-corrected chi connectivity index (χ1v) is 24.4. The molecule has 0 unspecified atom stereocenters. The summed E-state index contributed by atoms with van der Waals surface area (Å²) in [5.41, 5.74) is 1.34. The Morgan fingerprint density at radius 1 is 0.720 bits per heavy atom. The van der Waals surface area contributed by atoms with Crippen LogP contribution in [-0.2, 0) is 19.6 Å². The fourth-order valence-corrected chi connectivity index (χ4v) is 21.9. The Morgan fingerprint density at radius 3 is 1.56 bits per heavy atom. The maximum atomic E-state index is 14.9. The van der Waals surface area contributed by atoms with E-state index in [1.54, 1.807) is 12.1 Å². The van der Waals surface area contributed by atoms with Crippen molar-refractivity contribution < 1.29 is 17.9 Å². The maximum absolute atomic E-state index is 14.9. The Hall–Kier alpha value is -3.98. The number of aryl methyl sites for hydroxylation is 2. The molecular formula is C43H45NO4SSn. The molecule has 5 aromatic carbocycles. The van der Waals surface area contributed by atoms with Gasteiger partial charge in [-0.05, 0) is 0 Å². The summed E-state index contributed by atoms with van der Waals surface area (Å²) in [6, 6.07) is 45.5. The number of carbonyl (C=O) groups is 1. The first-order chi connectivity index (χ1) is 23.8. The van der Waals surface area contributed by atoms with Gasteiger partial charge in [-0.3, -0.25) is 0 Å². The standard InChI is InChI=1S/C25H30NO4S.3C6H5.Sn/c1-17-8-12-20(13-9-17)22-25(7,23(27)30-24(4,5)6)19(3)16-26(22)31(28,29)21-14-10-18(2)11-15-21;3*1-2-4-6-5-3-1;/h3,8-15,22H,16H2,1-2,4-7H3;3*1-5H;/t22-,25+;;;;/m0..../s1. The van der Waals surface area contributed by atoms with Crippen molar-refractivity contribution in [1.82, 2.24) is 4.31 Å². The van der Waals surface area contributed by atoms with Crippen molar-refractivity contribution >= 4 is 45.1 Å². The quantitative estimate of drug-likeness (QED) is 0.125. The third kappa shape index (κ3) is 6.73. The predicted molar refractivity (Wildman–Crippen MR) is 205 cm³/mol. The molecule has 0 N–H and O–H groups in total. The molecule has 1 aliphatic rings. The van der Waals surface area contributed by atoms with E-state index in [4.69, 9.17) is 4.74 Å². The van der Waals surface area contributed by atoms with Gasteiger partial charge in [0.05, 0.1) is 0 Å². The predicted octanol–water partition coefficient (Wildman–Crippen LogP) is 7.03. The molecule has 5 aromatic rings. The van der Waals surface area contributed by atoms with Crippen molar-refractivity contribution in [3.63, 3.8) is 0 Å². The second kappa shape index (κ2) is 14.0. The van der Waals surface area contributed by atoms with Crippen LogP contribution in [0.15, 0.2) is 154 Å². The van der Waals surface area contributed by atoms with Gasteiger partial charge in [-0.15, -0.1) is 0 Å². The van der Waals surface area contributed by atoms with Crippen molar-refractivity contribution in [3.8, 4) is 0 Å². The van der Waals surface area contributed by atoms with Crippen molar-refractivity contribution in [2.24, 2.45) is 5.41 Å². The molecule has 1 fully saturated rings. The van der Waals surface area contributed by atoms with Crippen LogP contribution in [0.3, 0.4) is 0 Å². The van der Waals surface area contributed by atoms with Crippen LogP contribution < -0.4 is 10.7 Å². The number of hydrogen-bond acceptors (Lipinski definition) is 4. The third-order valence-corrected chi connectivity index (χ3v) is 24.5. The van der Waals surface area contributed by atoms with Gasteiger partial charge in [0.25, 0.3) is 0 Å². The van der Waals surface area contributed by atoms with E-state index < -0.39 is 51.4 Å². The van der Waals surface area contributed by atoms with E-state index in [0.717, 1.165) is 22.3 Å². The summed E-state index contributed by atoms with van der Waals surface area (Å²) in [5, 5.41) is 0. The van der Waals surface area contributed by atoms with Crippen LogP contribution in [0.2, 0.25) is 0 Å². The first kappa shape index (κ1) is 35.8. The molecule has 0 bridgehead atoms. The number of rotatable bonds is 8. The zero-order valence-corrected chi connectivity index (χ0v) is 33.3. The van der Waals surface area contributed by atoms with Crippen LogP contribution in [-0.4, -0.2) is 49.2 Å². The molecular weight excluding hydrogens is 745 g/mol. The molecule has 0 radical (unpaired) electrons. The van der Waals surface area contributed by atoms with Crippen molar-refractivity contribution in [2.75, 3.05) is 6.54 Å². The van der Waals surface area contributed by atoms with Gasteiger partial charge in [-0.2, -0.15) is 0 Å². The zero-order valence-electron chi connectivity index (χ0n) is 29.6. The molecule has 1 aliphatic heterocycles. The number of ether oxygens (including phenoxy) is 1. The molecule has 0 saturated carbocycles. The average molecular weight is 791 g/mol. The molecule has 0 aliphatic carbocycles. The van der Waals surface area contributed by atoms with Crippen LogP contribution in [0.5, 0.6) is 0 Å². The summed E-state index contributed by atoms with van der Waals surface area (Å²) in [6.07, 6.45) is 0. The van der Waals surface area contributed by atoms with E-state index in [1.807, 2.05) is 96.1 Å². The Kier molecular flexibility index (Phi) is 10.0. The third-order valence-electron chi connectivity index (χ3n) is 9.75. The van der Waals surface area contributed by atoms with E-state index in [1.165, 1.54) is 15.0 Å². The number of hydrogen-bond donors (Lipinski definition) is 0. The number of benzene rings is 5. The molecule has 1 heterocycles. The van der Waals surface area contributed by atoms with E-state index in [0.29, 0.717) is 0 Å². The summed E-state index contributed by atoms with van der Waals surface area (Å²) in [5.74, 6) is -0.446. The van der Waals surface area contributed by atoms with Gasteiger partial charge >= 0.3 is 303 Å². The van der Waals surface area contributed by atoms with E-state index in [9.17, 15) is 13.2 Å². The summed E-state index contributed by atoms with van der Waals surface area (Å²) in [4.78, 5) is 15.1. The van der Waals surface area contributed by atoms with E-state index >= 15 is 0 Å². The van der Waals surface area contributed by atoms with Crippen molar-refractivity contribution in [2.45, 2.75) is 58.1 Å². The zero-order chi connectivity index (χ0) is 35.7. The minimum absolute atomic E-state index is 0.0374. The summed E-state index contributed by atoms with van der Waals surface area (Å²) in [6.45, 7) is 11.4. The fourth-order valence-electron chi connectivity index (χ4n) is 7.14. The monoisotopic (exact) mass is 791 g/mol. The Bertz CT molecular complexity index is 2000. The molecule has 2 atom stereocenters. The summed E-state index contributed by atoms with van der Waals surface area (Å²) in [7, 11) is -4.09. The minimum atomic E-state index is -4.22. The number of carbonyl (C=O) groups excluding carboxylic acids is 1. The van der Waals surface area contributed by atoms with Gasteiger partial charge in [0.15, 0.2) is 0 Å².